The van der Waals surface area contributed by atoms with Crippen molar-refractivity contribution in [1.29, 1.82) is 0 Å². The molecule has 3 aliphatic rings. The van der Waals surface area contributed by atoms with Gasteiger partial charge in [-0.15, -0.1) is 6.58 Å². The molecule has 5 nitrogen and oxygen atoms in total. The number of nitrogens with zero attached hydrogens (tertiary/aromatic N) is 2. The van der Waals surface area contributed by atoms with Crippen molar-refractivity contribution in [3.05, 3.63) is 48.7 Å². The predicted molar refractivity (Wildman–Crippen MR) is 99.7 cm³/mol. The van der Waals surface area contributed by atoms with Crippen molar-refractivity contribution in [2.24, 2.45) is 11.8 Å². The van der Waals surface area contributed by atoms with Gasteiger partial charge in [0.15, 0.2) is 0 Å². The van der Waals surface area contributed by atoms with E-state index >= 15 is 0 Å². The van der Waals surface area contributed by atoms with E-state index in [4.69, 9.17) is 4.74 Å². The quantitative estimate of drug-likeness (QED) is 0.675. The van der Waals surface area contributed by atoms with Gasteiger partial charge in [0.2, 0.25) is 0 Å². The summed E-state index contributed by atoms with van der Waals surface area (Å²) in [6.07, 6.45) is 5.59. The number of esters is 1. The van der Waals surface area contributed by atoms with E-state index in [1.54, 1.807) is 24.4 Å². The van der Waals surface area contributed by atoms with Gasteiger partial charge in [-0.25, -0.2) is 0 Å². The Morgan fingerprint density at radius 2 is 2.31 bits per heavy atom. The van der Waals surface area contributed by atoms with Crippen LogP contribution in [-0.4, -0.2) is 40.1 Å². The molecule has 4 unspecified atom stereocenters. The van der Waals surface area contributed by atoms with Crippen LogP contribution in [0.2, 0.25) is 0 Å². The van der Waals surface area contributed by atoms with E-state index in [0.29, 0.717) is 11.8 Å². The second-order valence-corrected chi connectivity index (χ2v) is 7.38. The first-order chi connectivity index (χ1) is 12.6. The van der Waals surface area contributed by atoms with Gasteiger partial charge in [-0.05, 0) is 55.5 Å². The van der Waals surface area contributed by atoms with E-state index in [2.05, 4.69) is 22.5 Å². The Bertz CT molecular complexity index is 850. The van der Waals surface area contributed by atoms with Crippen molar-refractivity contribution >= 4 is 16.9 Å². The van der Waals surface area contributed by atoms with Crippen LogP contribution in [0.1, 0.15) is 31.4 Å². The summed E-state index contributed by atoms with van der Waals surface area (Å²) in [6, 6.07) is 7.17. The zero-order valence-corrected chi connectivity index (χ0v) is 15.0. The van der Waals surface area contributed by atoms with Crippen molar-refractivity contribution < 1.29 is 14.6 Å². The molecule has 5 rings (SSSR count). The highest BCUT2D eigenvalue weighted by molar-refractivity contribution is 5.84. The van der Waals surface area contributed by atoms with Crippen LogP contribution in [0.3, 0.4) is 0 Å². The molecule has 26 heavy (non-hydrogen) atoms. The molecule has 5 heteroatoms. The minimum atomic E-state index is -0.367. The molecule has 3 fully saturated rings. The van der Waals surface area contributed by atoms with E-state index in [1.165, 1.54) is 6.92 Å². The van der Waals surface area contributed by atoms with Crippen LogP contribution < -0.4 is 0 Å². The number of piperidine rings is 3. The average Bonchev–Trinajstić information content (AvgIpc) is 2.65. The number of rotatable bonds is 4. The molecule has 2 aromatic rings. The van der Waals surface area contributed by atoms with Crippen LogP contribution >= 0.6 is 0 Å². The summed E-state index contributed by atoms with van der Waals surface area (Å²) in [6.45, 7) is 7.42. The Balaban J connectivity index is 1.76. The largest absolute Gasteiger partial charge is 0.508 e. The first-order valence-corrected chi connectivity index (χ1v) is 9.18. The number of hydrogen-bond acceptors (Lipinski definition) is 5. The number of ether oxygens (including phenoxy) is 1. The average molecular weight is 352 g/mol. The summed E-state index contributed by atoms with van der Waals surface area (Å²) in [5.41, 5.74) is 1.70. The molecular formula is C21H24N2O3. The molecule has 3 aliphatic heterocycles. The lowest BCUT2D eigenvalue weighted by molar-refractivity contribution is -0.154. The summed E-state index contributed by atoms with van der Waals surface area (Å²) in [5, 5.41) is 10.8. The molecule has 4 heterocycles. The summed E-state index contributed by atoms with van der Waals surface area (Å²) < 4.78 is 5.83. The first kappa shape index (κ1) is 17.0. The Labute approximate surface area is 153 Å². The molecule has 5 atom stereocenters. The molecule has 0 amide bonds. The van der Waals surface area contributed by atoms with E-state index in [9.17, 15) is 9.90 Å². The number of phenolic OH excluding ortho intramolecular Hbond substituents is 1. The molecule has 2 bridgehead atoms. The molecule has 0 spiro atoms. The summed E-state index contributed by atoms with van der Waals surface area (Å²) in [4.78, 5) is 18.7. The maximum absolute atomic E-state index is 11.9. The number of phenols is 1. The van der Waals surface area contributed by atoms with Crippen LogP contribution in [-0.2, 0) is 9.53 Å². The van der Waals surface area contributed by atoms with Gasteiger partial charge in [-0.1, -0.05) is 6.08 Å². The van der Waals surface area contributed by atoms with Crippen molar-refractivity contribution in [3.63, 3.8) is 0 Å². The number of carbonyl (C=O) groups excluding carboxylic acids is 1. The van der Waals surface area contributed by atoms with Gasteiger partial charge in [0.1, 0.15) is 11.9 Å². The van der Waals surface area contributed by atoms with E-state index < -0.39 is 0 Å². The Morgan fingerprint density at radius 3 is 3.00 bits per heavy atom. The summed E-state index contributed by atoms with van der Waals surface area (Å²) in [5.74, 6) is 0.992. The fourth-order valence-electron chi connectivity index (χ4n) is 4.62. The normalized spacial score (nSPS) is 28.7. The topological polar surface area (TPSA) is 62.7 Å². The number of carbonyl (C=O) groups is 1. The molecule has 0 aliphatic carbocycles. The number of pyridine rings is 1. The van der Waals surface area contributed by atoms with Crippen LogP contribution in [0.25, 0.3) is 10.9 Å². The lowest BCUT2D eigenvalue weighted by atomic mass is 9.73. The highest BCUT2D eigenvalue weighted by Gasteiger charge is 2.44. The molecule has 1 N–H and O–H groups in total. The van der Waals surface area contributed by atoms with Gasteiger partial charge in [0.25, 0.3) is 0 Å². The van der Waals surface area contributed by atoms with Gasteiger partial charge in [0.05, 0.1) is 11.6 Å². The van der Waals surface area contributed by atoms with Crippen molar-refractivity contribution in [1.82, 2.24) is 9.88 Å². The fourth-order valence-corrected chi connectivity index (χ4v) is 4.62. The lowest BCUT2D eigenvalue weighted by Crippen LogP contribution is -2.55. The Kier molecular flexibility index (Phi) is 4.41. The predicted octanol–water partition coefficient (Wildman–Crippen LogP) is 3.44. The van der Waals surface area contributed by atoms with Gasteiger partial charge in [-0.2, -0.15) is 0 Å². The SMILES string of the molecule is C=CC1CN2CCC1CC2[C@H](OC(C)=O)c1ccnc2ccc(O)cc12. The maximum Gasteiger partial charge on any atom is 0.303 e. The van der Waals surface area contributed by atoms with Gasteiger partial charge >= 0.3 is 5.97 Å². The van der Waals surface area contributed by atoms with E-state index in [-0.39, 0.29) is 23.9 Å². The molecular weight excluding hydrogens is 328 g/mol. The van der Waals surface area contributed by atoms with Crippen LogP contribution in [0.4, 0.5) is 0 Å². The maximum atomic E-state index is 11.9. The molecule has 136 valence electrons. The highest BCUT2D eigenvalue weighted by Crippen LogP contribution is 2.43. The van der Waals surface area contributed by atoms with Crippen molar-refractivity contribution in [3.8, 4) is 5.75 Å². The number of fused-ring (bicyclic) bond motifs is 4. The minimum Gasteiger partial charge on any atom is -0.508 e. The summed E-state index contributed by atoms with van der Waals surface area (Å²) in [7, 11) is 0. The van der Waals surface area contributed by atoms with Crippen molar-refractivity contribution in [2.45, 2.75) is 31.9 Å². The number of aromatic hydroxyl groups is 1. The van der Waals surface area contributed by atoms with Gasteiger partial charge in [0, 0.05) is 30.6 Å². The zero-order valence-electron chi connectivity index (χ0n) is 15.0. The van der Waals surface area contributed by atoms with Crippen LogP contribution in [0, 0.1) is 11.8 Å². The summed E-state index contributed by atoms with van der Waals surface area (Å²) >= 11 is 0. The smallest absolute Gasteiger partial charge is 0.303 e. The van der Waals surface area contributed by atoms with Gasteiger partial charge in [-0.3, -0.25) is 14.7 Å². The molecule has 1 aromatic heterocycles. The standard InChI is InChI=1S/C21H24N2O3/c1-3-14-12-23-9-7-15(14)10-20(23)21(26-13(2)24)17-6-8-22-19-5-4-16(25)11-18(17)19/h3-6,8,11,14-15,20-21,25H,1,7,9-10,12H2,2H3/t14?,15?,20?,21-/m1/s1. The lowest BCUT2D eigenvalue weighted by Gasteiger charge is -2.51. The third-order valence-electron chi connectivity index (χ3n) is 5.86. The Hall–Kier alpha value is -2.40. The first-order valence-electron chi connectivity index (χ1n) is 9.18. The van der Waals surface area contributed by atoms with Crippen LogP contribution in [0.5, 0.6) is 5.75 Å². The number of aromatic nitrogens is 1. The fraction of sp³-hybridized carbons (Fsp3) is 0.429. The molecule has 1 aromatic carbocycles. The minimum absolute atomic E-state index is 0.141. The number of benzene rings is 1. The number of hydrogen-bond donors (Lipinski definition) is 1. The molecule has 0 radical (unpaired) electrons. The van der Waals surface area contributed by atoms with Crippen molar-refractivity contribution in [2.75, 3.05) is 13.1 Å². The second-order valence-electron chi connectivity index (χ2n) is 7.38. The third kappa shape index (κ3) is 2.97. The Morgan fingerprint density at radius 1 is 1.46 bits per heavy atom. The molecule has 0 saturated carbocycles. The molecule has 3 saturated heterocycles. The van der Waals surface area contributed by atoms with E-state index in [0.717, 1.165) is 42.4 Å². The van der Waals surface area contributed by atoms with Gasteiger partial charge < -0.3 is 9.84 Å². The monoisotopic (exact) mass is 352 g/mol. The third-order valence-corrected chi connectivity index (χ3v) is 5.86. The highest BCUT2D eigenvalue weighted by atomic mass is 16.5. The van der Waals surface area contributed by atoms with E-state index in [1.807, 2.05) is 6.07 Å². The van der Waals surface area contributed by atoms with Crippen LogP contribution in [0.15, 0.2) is 43.1 Å². The zero-order chi connectivity index (χ0) is 18.3. The second kappa shape index (κ2) is 6.72.